The number of hydrogen-bond acceptors (Lipinski definition) is 1. The van der Waals surface area contributed by atoms with Gasteiger partial charge in [-0.3, -0.25) is 0 Å². The van der Waals surface area contributed by atoms with Crippen molar-refractivity contribution in [3.63, 3.8) is 0 Å². The molecule has 0 aromatic heterocycles. The maximum atomic E-state index is 5.42. The van der Waals surface area contributed by atoms with Crippen molar-refractivity contribution in [1.29, 1.82) is 0 Å². The number of nitrogens with two attached hydrogens (primary N) is 1. The van der Waals surface area contributed by atoms with Crippen molar-refractivity contribution in [1.82, 2.24) is 0 Å². The van der Waals surface area contributed by atoms with Crippen molar-refractivity contribution in [2.45, 2.75) is 57.8 Å². The zero-order chi connectivity index (χ0) is 9.78. The zero-order valence-electron chi connectivity index (χ0n) is 9.14. The second-order valence-corrected chi connectivity index (χ2v) is 4.45. The van der Waals surface area contributed by atoms with E-state index in [1.165, 1.54) is 63.1 Å². The summed E-state index contributed by atoms with van der Waals surface area (Å²) < 4.78 is 0. The van der Waals surface area contributed by atoms with E-state index in [9.17, 15) is 0 Å². The summed E-state index contributed by atoms with van der Waals surface area (Å²) in [5.74, 6) is 0. The monoisotopic (exact) mass is 329 g/mol. The van der Waals surface area contributed by atoms with Gasteiger partial charge in [0.15, 0.2) is 0 Å². The summed E-state index contributed by atoms with van der Waals surface area (Å²) in [6.45, 7) is 0.866. The highest BCUT2D eigenvalue weighted by atomic mass is 79.9. The third-order valence-electron chi connectivity index (χ3n) is 2.34. The molecule has 0 aromatic carbocycles. The van der Waals surface area contributed by atoms with E-state index in [0.29, 0.717) is 0 Å². The summed E-state index contributed by atoms with van der Waals surface area (Å²) in [6.07, 6.45) is 12.3. The predicted molar refractivity (Wildman–Crippen MR) is 74.7 cm³/mol. The van der Waals surface area contributed by atoms with E-state index in [-0.39, 0.29) is 17.0 Å². The first-order chi connectivity index (χ1) is 6.41. The minimum Gasteiger partial charge on any atom is -0.330 e. The van der Waals surface area contributed by atoms with Gasteiger partial charge in [0.2, 0.25) is 0 Å². The minimum atomic E-state index is 0. The number of hydrogen-bond donors (Lipinski definition) is 1. The first kappa shape index (κ1) is 17.3. The summed E-state index contributed by atoms with van der Waals surface area (Å²) in [4.78, 5) is 0. The van der Waals surface area contributed by atoms with Crippen LogP contribution in [0.15, 0.2) is 0 Å². The molecule has 0 rings (SSSR count). The molecule has 0 amide bonds. The summed E-state index contributed by atoms with van der Waals surface area (Å²) in [5.41, 5.74) is 5.42. The molecule has 0 atom stereocenters. The number of halogens is 2. The highest BCUT2D eigenvalue weighted by Gasteiger charge is 1.91. The fraction of sp³-hybridized carbons (Fsp3) is 1.00. The Hall–Kier alpha value is 0.920. The standard InChI is InChI=1S/C11H24BrN.BrH/c12-10-8-6-4-2-1-3-5-7-9-11-13;/h1-11,13H2;1H. The first-order valence-electron chi connectivity index (χ1n) is 5.68. The van der Waals surface area contributed by atoms with Crippen molar-refractivity contribution in [2.24, 2.45) is 5.73 Å². The normalized spacial score (nSPS) is 9.86. The Morgan fingerprint density at radius 3 is 1.36 bits per heavy atom. The molecule has 0 unspecified atom stereocenters. The zero-order valence-corrected chi connectivity index (χ0v) is 12.4. The lowest BCUT2D eigenvalue weighted by atomic mass is 10.1. The van der Waals surface area contributed by atoms with Crippen LogP contribution in [0.3, 0.4) is 0 Å². The average Bonchev–Trinajstić information content (AvgIpc) is 2.16. The summed E-state index contributed by atoms with van der Waals surface area (Å²) in [5, 5.41) is 1.17. The largest absolute Gasteiger partial charge is 0.330 e. The van der Waals surface area contributed by atoms with Crippen LogP contribution in [-0.2, 0) is 0 Å². The molecule has 1 nitrogen and oxygen atoms in total. The molecular weight excluding hydrogens is 306 g/mol. The molecule has 0 fully saturated rings. The van der Waals surface area contributed by atoms with E-state index in [1.807, 2.05) is 0 Å². The summed E-state index contributed by atoms with van der Waals surface area (Å²) >= 11 is 3.45. The van der Waals surface area contributed by atoms with Gasteiger partial charge in [-0.15, -0.1) is 17.0 Å². The van der Waals surface area contributed by atoms with Crippen molar-refractivity contribution >= 4 is 32.9 Å². The summed E-state index contributed by atoms with van der Waals surface area (Å²) in [6, 6.07) is 0. The number of alkyl halides is 1. The molecule has 0 saturated heterocycles. The lowest BCUT2D eigenvalue weighted by Gasteiger charge is -2.00. The first-order valence-corrected chi connectivity index (χ1v) is 6.80. The number of unbranched alkanes of at least 4 members (excludes halogenated alkanes) is 8. The van der Waals surface area contributed by atoms with E-state index in [1.54, 1.807) is 0 Å². The Kier molecular flexibility index (Phi) is 20.2. The van der Waals surface area contributed by atoms with Crippen LogP contribution < -0.4 is 5.73 Å². The average molecular weight is 331 g/mol. The SMILES string of the molecule is Br.NCCCCCCCCCCCBr. The minimum absolute atomic E-state index is 0. The third kappa shape index (κ3) is 15.4. The second-order valence-electron chi connectivity index (χ2n) is 3.66. The molecule has 0 aliphatic carbocycles. The molecule has 0 radical (unpaired) electrons. The van der Waals surface area contributed by atoms with Gasteiger partial charge in [-0.2, -0.15) is 0 Å². The van der Waals surface area contributed by atoms with Gasteiger partial charge in [0, 0.05) is 5.33 Å². The van der Waals surface area contributed by atoms with Gasteiger partial charge in [-0.25, -0.2) is 0 Å². The Balaban J connectivity index is 0. The van der Waals surface area contributed by atoms with E-state index in [2.05, 4.69) is 15.9 Å². The van der Waals surface area contributed by atoms with Crippen LogP contribution in [0.25, 0.3) is 0 Å². The molecule has 0 bridgehead atoms. The maximum Gasteiger partial charge on any atom is 0.00313 e. The van der Waals surface area contributed by atoms with Gasteiger partial charge in [0.1, 0.15) is 0 Å². The Labute approximate surface area is 108 Å². The molecule has 3 heteroatoms. The van der Waals surface area contributed by atoms with Crippen molar-refractivity contribution in [2.75, 3.05) is 11.9 Å². The number of rotatable bonds is 10. The molecule has 0 aromatic rings. The molecule has 88 valence electrons. The highest BCUT2D eigenvalue weighted by molar-refractivity contribution is 9.09. The van der Waals surface area contributed by atoms with Crippen LogP contribution in [0.2, 0.25) is 0 Å². The van der Waals surface area contributed by atoms with Gasteiger partial charge in [-0.1, -0.05) is 60.9 Å². The Morgan fingerprint density at radius 2 is 1.00 bits per heavy atom. The van der Waals surface area contributed by atoms with Gasteiger partial charge in [0.05, 0.1) is 0 Å². The molecule has 0 aliphatic rings. The maximum absolute atomic E-state index is 5.42. The lowest BCUT2D eigenvalue weighted by molar-refractivity contribution is 0.568. The Morgan fingerprint density at radius 1 is 0.643 bits per heavy atom. The van der Waals surface area contributed by atoms with Crippen LogP contribution in [0.5, 0.6) is 0 Å². The third-order valence-corrected chi connectivity index (χ3v) is 2.90. The fourth-order valence-electron chi connectivity index (χ4n) is 1.48. The predicted octanol–water partition coefficient (Wildman–Crippen LogP) is 4.43. The quantitative estimate of drug-likeness (QED) is 0.465. The Bertz CT molecular complexity index is 79.4. The molecule has 0 heterocycles. The van der Waals surface area contributed by atoms with Gasteiger partial charge in [0.25, 0.3) is 0 Å². The van der Waals surface area contributed by atoms with Crippen molar-refractivity contribution < 1.29 is 0 Å². The smallest absolute Gasteiger partial charge is 0.00313 e. The highest BCUT2D eigenvalue weighted by Crippen LogP contribution is 2.09. The fourth-order valence-corrected chi connectivity index (χ4v) is 1.87. The topological polar surface area (TPSA) is 26.0 Å². The molecule has 0 saturated carbocycles. The van der Waals surface area contributed by atoms with Crippen LogP contribution in [0.1, 0.15) is 57.8 Å². The molecular formula is C11H25Br2N. The van der Waals surface area contributed by atoms with Crippen LogP contribution >= 0.6 is 32.9 Å². The summed E-state index contributed by atoms with van der Waals surface area (Å²) in [7, 11) is 0. The van der Waals surface area contributed by atoms with E-state index >= 15 is 0 Å². The molecule has 0 aliphatic heterocycles. The molecule has 0 spiro atoms. The van der Waals surface area contributed by atoms with Gasteiger partial charge < -0.3 is 5.73 Å². The molecule has 2 N–H and O–H groups in total. The van der Waals surface area contributed by atoms with Crippen molar-refractivity contribution in [3.8, 4) is 0 Å². The van der Waals surface area contributed by atoms with E-state index in [0.717, 1.165) is 6.54 Å². The van der Waals surface area contributed by atoms with Crippen LogP contribution in [0.4, 0.5) is 0 Å². The van der Waals surface area contributed by atoms with Gasteiger partial charge in [-0.05, 0) is 19.4 Å². The van der Waals surface area contributed by atoms with Gasteiger partial charge >= 0.3 is 0 Å². The van der Waals surface area contributed by atoms with E-state index in [4.69, 9.17) is 5.73 Å². The van der Waals surface area contributed by atoms with Crippen LogP contribution in [0, 0.1) is 0 Å². The lowest BCUT2D eigenvalue weighted by Crippen LogP contribution is -1.97. The van der Waals surface area contributed by atoms with Crippen molar-refractivity contribution in [3.05, 3.63) is 0 Å². The second kappa shape index (κ2) is 16.4. The molecule has 14 heavy (non-hydrogen) atoms. The van der Waals surface area contributed by atoms with E-state index < -0.39 is 0 Å². The van der Waals surface area contributed by atoms with Crippen LogP contribution in [-0.4, -0.2) is 11.9 Å².